The lowest BCUT2D eigenvalue weighted by atomic mass is 9.89. The molecule has 1 rings (SSSR count). The maximum Gasteiger partial charge on any atom is 0.309 e. The molecule has 2 atom stereocenters. The van der Waals surface area contributed by atoms with E-state index in [4.69, 9.17) is 9.47 Å². The van der Waals surface area contributed by atoms with E-state index in [2.05, 4.69) is 6.58 Å². The Morgan fingerprint density at radius 3 is 2.50 bits per heavy atom. The summed E-state index contributed by atoms with van der Waals surface area (Å²) < 4.78 is 10.8. The molecule has 3 nitrogen and oxygen atoms in total. The molecule has 20 heavy (non-hydrogen) atoms. The van der Waals surface area contributed by atoms with Gasteiger partial charge in [-0.1, -0.05) is 49.4 Å². The molecular formula is C17H24O3. The van der Waals surface area contributed by atoms with E-state index in [1.807, 2.05) is 51.1 Å². The zero-order chi connectivity index (χ0) is 15.0. The highest BCUT2D eigenvalue weighted by atomic mass is 16.5. The van der Waals surface area contributed by atoms with Crippen molar-refractivity contribution in [3.63, 3.8) is 0 Å². The molecule has 0 aliphatic carbocycles. The van der Waals surface area contributed by atoms with Gasteiger partial charge in [0.1, 0.15) is 0 Å². The van der Waals surface area contributed by atoms with E-state index >= 15 is 0 Å². The molecule has 0 bridgehead atoms. The van der Waals surface area contributed by atoms with Crippen LogP contribution in [0.2, 0.25) is 0 Å². The first kappa shape index (κ1) is 16.4. The number of hydrogen-bond acceptors (Lipinski definition) is 3. The third-order valence-electron chi connectivity index (χ3n) is 3.30. The van der Waals surface area contributed by atoms with Crippen LogP contribution in [0.25, 0.3) is 0 Å². The molecule has 3 heteroatoms. The van der Waals surface area contributed by atoms with Crippen LogP contribution in [0.3, 0.4) is 0 Å². The molecule has 0 saturated heterocycles. The summed E-state index contributed by atoms with van der Waals surface area (Å²) in [5, 5.41) is 0. The van der Waals surface area contributed by atoms with Crippen LogP contribution in [0.15, 0.2) is 42.5 Å². The number of ether oxygens (including phenoxy) is 2. The Bertz CT molecular complexity index is 425. The maximum absolute atomic E-state index is 11.8. The fraction of sp³-hybridized carbons (Fsp3) is 0.471. The van der Waals surface area contributed by atoms with Crippen molar-refractivity contribution in [3.8, 4) is 0 Å². The maximum atomic E-state index is 11.8. The summed E-state index contributed by atoms with van der Waals surface area (Å²) in [5.74, 6) is -0.440. The molecule has 0 radical (unpaired) electrons. The van der Waals surface area contributed by atoms with E-state index in [9.17, 15) is 4.79 Å². The van der Waals surface area contributed by atoms with Crippen LogP contribution in [0.1, 0.15) is 26.3 Å². The standard InChI is InChI=1S/C17H24O3/c1-5-20-17(18)14(4)16(13(2)3)12-19-11-15-9-7-6-8-10-15/h6-10,14,16H,2,5,11-12H2,1,3-4H3/t14-,16-/m1/s1. The zero-order valence-electron chi connectivity index (χ0n) is 12.6. The topological polar surface area (TPSA) is 35.5 Å². The van der Waals surface area contributed by atoms with Crippen LogP contribution in [0.4, 0.5) is 0 Å². The number of carbonyl (C=O) groups is 1. The zero-order valence-corrected chi connectivity index (χ0v) is 12.6. The number of carbonyl (C=O) groups excluding carboxylic acids is 1. The lowest BCUT2D eigenvalue weighted by Crippen LogP contribution is -2.27. The van der Waals surface area contributed by atoms with Gasteiger partial charge in [0.25, 0.3) is 0 Å². The number of benzene rings is 1. The quantitative estimate of drug-likeness (QED) is 0.537. The van der Waals surface area contributed by atoms with Crippen molar-refractivity contribution in [1.82, 2.24) is 0 Å². The van der Waals surface area contributed by atoms with E-state index in [1.54, 1.807) is 0 Å². The molecule has 0 aliphatic heterocycles. The van der Waals surface area contributed by atoms with Crippen LogP contribution < -0.4 is 0 Å². The summed E-state index contributed by atoms with van der Waals surface area (Å²) >= 11 is 0. The number of esters is 1. The van der Waals surface area contributed by atoms with Gasteiger partial charge in [0, 0.05) is 5.92 Å². The molecule has 0 spiro atoms. The van der Waals surface area contributed by atoms with Gasteiger partial charge in [-0.15, -0.1) is 0 Å². The van der Waals surface area contributed by atoms with Crippen molar-refractivity contribution in [2.75, 3.05) is 13.2 Å². The first-order valence-corrected chi connectivity index (χ1v) is 7.00. The molecular weight excluding hydrogens is 252 g/mol. The lowest BCUT2D eigenvalue weighted by molar-refractivity contribution is -0.149. The number of rotatable bonds is 8. The van der Waals surface area contributed by atoms with E-state index in [0.29, 0.717) is 19.8 Å². The van der Waals surface area contributed by atoms with E-state index < -0.39 is 0 Å². The van der Waals surface area contributed by atoms with Crippen LogP contribution >= 0.6 is 0 Å². The average Bonchev–Trinajstić information content (AvgIpc) is 2.44. The molecule has 0 aliphatic rings. The van der Waals surface area contributed by atoms with Crippen molar-refractivity contribution in [1.29, 1.82) is 0 Å². The van der Waals surface area contributed by atoms with Gasteiger partial charge in [-0.3, -0.25) is 4.79 Å². The minimum absolute atomic E-state index is 0.0160. The van der Waals surface area contributed by atoms with Gasteiger partial charge in [-0.2, -0.15) is 0 Å². The molecule has 0 heterocycles. The highest BCUT2D eigenvalue weighted by Crippen LogP contribution is 2.21. The second-order valence-electron chi connectivity index (χ2n) is 4.99. The van der Waals surface area contributed by atoms with Crippen LogP contribution in [-0.4, -0.2) is 19.2 Å². The van der Waals surface area contributed by atoms with Crippen molar-refractivity contribution in [2.24, 2.45) is 11.8 Å². The van der Waals surface area contributed by atoms with Gasteiger partial charge in [0.2, 0.25) is 0 Å². The second kappa shape index (κ2) is 8.54. The fourth-order valence-electron chi connectivity index (χ4n) is 2.03. The third-order valence-corrected chi connectivity index (χ3v) is 3.30. The highest BCUT2D eigenvalue weighted by Gasteiger charge is 2.25. The monoisotopic (exact) mass is 276 g/mol. The Morgan fingerprint density at radius 1 is 1.30 bits per heavy atom. The van der Waals surface area contributed by atoms with Gasteiger partial charge in [-0.25, -0.2) is 0 Å². The summed E-state index contributed by atoms with van der Waals surface area (Å²) in [6.45, 7) is 11.0. The molecule has 0 aromatic heterocycles. The highest BCUT2D eigenvalue weighted by molar-refractivity contribution is 5.72. The van der Waals surface area contributed by atoms with Crippen molar-refractivity contribution in [2.45, 2.75) is 27.4 Å². The Morgan fingerprint density at radius 2 is 1.95 bits per heavy atom. The molecule has 1 aromatic rings. The minimum Gasteiger partial charge on any atom is -0.466 e. The molecule has 0 amide bonds. The van der Waals surface area contributed by atoms with Crippen LogP contribution in [0.5, 0.6) is 0 Å². The normalized spacial score (nSPS) is 13.6. The first-order chi connectivity index (χ1) is 9.56. The lowest BCUT2D eigenvalue weighted by Gasteiger charge is -2.22. The summed E-state index contributed by atoms with van der Waals surface area (Å²) in [6, 6.07) is 9.98. The number of hydrogen-bond donors (Lipinski definition) is 0. The largest absolute Gasteiger partial charge is 0.466 e. The Hall–Kier alpha value is -1.61. The Balaban J connectivity index is 2.51. The van der Waals surface area contributed by atoms with E-state index in [1.165, 1.54) is 0 Å². The summed E-state index contributed by atoms with van der Waals surface area (Å²) in [5.41, 5.74) is 2.07. The predicted molar refractivity (Wildman–Crippen MR) is 80.2 cm³/mol. The minimum atomic E-state index is -0.233. The predicted octanol–water partition coefficient (Wildman–Crippen LogP) is 3.59. The van der Waals surface area contributed by atoms with Crippen molar-refractivity contribution >= 4 is 5.97 Å². The smallest absolute Gasteiger partial charge is 0.309 e. The molecule has 0 N–H and O–H groups in total. The Kier molecular flexibility index (Phi) is 7.02. The molecule has 0 saturated carbocycles. The molecule has 0 unspecified atom stereocenters. The summed E-state index contributed by atoms with van der Waals surface area (Å²) in [4.78, 5) is 11.8. The van der Waals surface area contributed by atoms with Gasteiger partial charge in [0.05, 0.1) is 25.7 Å². The van der Waals surface area contributed by atoms with Gasteiger partial charge < -0.3 is 9.47 Å². The first-order valence-electron chi connectivity index (χ1n) is 7.00. The van der Waals surface area contributed by atoms with Crippen LogP contribution in [-0.2, 0) is 20.9 Å². The Labute approximate surface area is 121 Å². The SMILES string of the molecule is C=C(C)[C@@H](COCc1ccccc1)[C@@H](C)C(=O)OCC. The third kappa shape index (κ3) is 5.17. The molecule has 110 valence electrons. The fourth-order valence-corrected chi connectivity index (χ4v) is 2.03. The summed E-state index contributed by atoms with van der Waals surface area (Å²) in [6.07, 6.45) is 0. The van der Waals surface area contributed by atoms with E-state index in [-0.39, 0.29) is 17.8 Å². The molecule has 0 fully saturated rings. The van der Waals surface area contributed by atoms with Gasteiger partial charge in [-0.05, 0) is 19.4 Å². The van der Waals surface area contributed by atoms with Crippen molar-refractivity contribution in [3.05, 3.63) is 48.0 Å². The summed E-state index contributed by atoms with van der Waals surface area (Å²) in [7, 11) is 0. The second-order valence-corrected chi connectivity index (χ2v) is 4.99. The van der Waals surface area contributed by atoms with Gasteiger partial charge >= 0.3 is 5.97 Å². The molecule has 1 aromatic carbocycles. The van der Waals surface area contributed by atoms with Gasteiger partial charge in [0.15, 0.2) is 0 Å². The average molecular weight is 276 g/mol. The van der Waals surface area contributed by atoms with E-state index in [0.717, 1.165) is 11.1 Å². The van der Waals surface area contributed by atoms with Crippen LogP contribution in [0, 0.1) is 11.8 Å². The van der Waals surface area contributed by atoms with Crippen molar-refractivity contribution < 1.29 is 14.3 Å².